The monoisotopic (exact) mass is 278 g/mol. The molecular formula is C19H31F. The normalized spacial score (nSPS) is 34.3. The lowest BCUT2D eigenvalue weighted by atomic mass is 9.79. The predicted octanol–water partition coefficient (Wildman–Crippen LogP) is 5.90. The maximum atomic E-state index is 13.1. The largest absolute Gasteiger partial charge is 0.247 e. The molecule has 2 aliphatic carbocycles. The first-order valence-electron chi connectivity index (χ1n) is 8.93. The van der Waals surface area contributed by atoms with E-state index in [4.69, 9.17) is 0 Å². The third kappa shape index (κ3) is 5.47. The minimum absolute atomic E-state index is 0.490. The first kappa shape index (κ1) is 15.9. The average molecular weight is 278 g/mol. The first-order valence-corrected chi connectivity index (χ1v) is 8.93. The Hall–Kier alpha value is -0.510. The summed E-state index contributed by atoms with van der Waals surface area (Å²) < 4.78 is 13.1. The fraction of sp³-hybridized carbons (Fsp3) is 0.895. The highest BCUT2D eigenvalue weighted by Gasteiger charge is 2.21. The van der Waals surface area contributed by atoms with Crippen molar-refractivity contribution < 1.29 is 4.39 Å². The maximum Gasteiger partial charge on any atom is 0.100 e. The van der Waals surface area contributed by atoms with Crippen molar-refractivity contribution in [3.8, 4) is 11.8 Å². The zero-order valence-electron chi connectivity index (χ0n) is 13.2. The average Bonchev–Trinajstić information content (AvgIpc) is 2.48. The molecule has 0 spiro atoms. The molecule has 0 bridgehead atoms. The topological polar surface area (TPSA) is 0 Å². The molecule has 0 aliphatic heterocycles. The van der Waals surface area contributed by atoms with E-state index in [0.717, 1.165) is 31.6 Å². The summed E-state index contributed by atoms with van der Waals surface area (Å²) in [4.78, 5) is 0. The summed E-state index contributed by atoms with van der Waals surface area (Å²) in [5, 5.41) is 0. The molecule has 2 aliphatic rings. The smallest absolute Gasteiger partial charge is 0.100 e. The van der Waals surface area contributed by atoms with E-state index in [1.807, 2.05) is 0 Å². The molecule has 0 heterocycles. The van der Waals surface area contributed by atoms with Crippen LogP contribution < -0.4 is 0 Å². The lowest BCUT2D eigenvalue weighted by Gasteiger charge is -2.26. The van der Waals surface area contributed by atoms with Crippen molar-refractivity contribution in [1.29, 1.82) is 0 Å². The Bertz CT molecular complexity index is 308. The van der Waals surface area contributed by atoms with Crippen LogP contribution in [0.1, 0.15) is 84.0 Å². The van der Waals surface area contributed by atoms with Crippen molar-refractivity contribution in [1.82, 2.24) is 0 Å². The van der Waals surface area contributed by atoms with Gasteiger partial charge in [-0.1, -0.05) is 44.4 Å². The molecule has 0 amide bonds. The van der Waals surface area contributed by atoms with Crippen LogP contribution in [0.15, 0.2) is 0 Å². The van der Waals surface area contributed by atoms with Crippen LogP contribution in [0.5, 0.6) is 0 Å². The van der Waals surface area contributed by atoms with Gasteiger partial charge in [-0.25, -0.2) is 4.39 Å². The fourth-order valence-corrected chi connectivity index (χ4v) is 3.71. The second-order valence-corrected chi connectivity index (χ2v) is 6.95. The number of hydrogen-bond acceptors (Lipinski definition) is 0. The Morgan fingerprint density at radius 3 is 1.90 bits per heavy atom. The van der Waals surface area contributed by atoms with Gasteiger partial charge in [0.15, 0.2) is 0 Å². The zero-order chi connectivity index (χ0) is 14.2. The van der Waals surface area contributed by atoms with Crippen molar-refractivity contribution in [3.05, 3.63) is 0 Å². The van der Waals surface area contributed by atoms with Gasteiger partial charge in [-0.2, -0.15) is 0 Å². The lowest BCUT2D eigenvalue weighted by molar-refractivity contribution is 0.229. The molecule has 114 valence electrons. The van der Waals surface area contributed by atoms with Crippen molar-refractivity contribution in [2.24, 2.45) is 17.8 Å². The zero-order valence-corrected chi connectivity index (χ0v) is 13.2. The van der Waals surface area contributed by atoms with Gasteiger partial charge in [0.2, 0.25) is 0 Å². The van der Waals surface area contributed by atoms with Crippen molar-refractivity contribution in [2.75, 3.05) is 0 Å². The standard InChI is InChI=1S/C19H31F/c1-2-3-4-5-16-6-8-17(9-7-16)10-11-18-12-14-19(20)15-13-18/h16-19H,2-9,12-15H2,1H3. The van der Waals surface area contributed by atoms with Crippen molar-refractivity contribution >= 4 is 0 Å². The molecule has 20 heavy (non-hydrogen) atoms. The van der Waals surface area contributed by atoms with E-state index in [0.29, 0.717) is 11.8 Å². The second-order valence-electron chi connectivity index (χ2n) is 6.95. The summed E-state index contributed by atoms with van der Waals surface area (Å²) in [5.74, 6) is 9.09. The number of unbranched alkanes of at least 4 members (excludes halogenated alkanes) is 2. The van der Waals surface area contributed by atoms with Crippen molar-refractivity contribution in [2.45, 2.75) is 90.1 Å². The van der Waals surface area contributed by atoms with Crippen LogP contribution in [0, 0.1) is 29.6 Å². The van der Waals surface area contributed by atoms with E-state index in [9.17, 15) is 4.39 Å². The second kappa shape index (κ2) is 8.71. The highest BCUT2D eigenvalue weighted by atomic mass is 19.1. The quantitative estimate of drug-likeness (QED) is 0.443. The first-order chi connectivity index (χ1) is 9.78. The number of hydrogen-bond donors (Lipinski definition) is 0. The van der Waals surface area contributed by atoms with Gasteiger partial charge < -0.3 is 0 Å². The molecule has 2 rings (SSSR count). The van der Waals surface area contributed by atoms with Gasteiger partial charge in [0.05, 0.1) is 0 Å². The van der Waals surface area contributed by atoms with Crippen LogP contribution in [-0.4, -0.2) is 6.17 Å². The fourth-order valence-electron chi connectivity index (χ4n) is 3.71. The highest BCUT2D eigenvalue weighted by Crippen LogP contribution is 2.32. The van der Waals surface area contributed by atoms with Crippen LogP contribution in [0.4, 0.5) is 4.39 Å². The summed E-state index contributed by atoms with van der Waals surface area (Å²) in [6.07, 6.45) is 13.9. The minimum Gasteiger partial charge on any atom is -0.247 e. The van der Waals surface area contributed by atoms with Crippen LogP contribution in [0.25, 0.3) is 0 Å². The Morgan fingerprint density at radius 2 is 1.35 bits per heavy atom. The molecule has 0 nitrogen and oxygen atoms in total. The molecule has 0 N–H and O–H groups in total. The van der Waals surface area contributed by atoms with E-state index < -0.39 is 6.17 Å². The third-order valence-electron chi connectivity index (χ3n) is 5.21. The molecule has 1 heteroatoms. The van der Waals surface area contributed by atoms with Gasteiger partial charge in [-0.05, 0) is 57.3 Å². The molecule has 0 aromatic carbocycles. The maximum absolute atomic E-state index is 13.1. The van der Waals surface area contributed by atoms with Gasteiger partial charge >= 0.3 is 0 Å². The molecular weight excluding hydrogens is 247 g/mol. The summed E-state index contributed by atoms with van der Waals surface area (Å²) >= 11 is 0. The SMILES string of the molecule is CCCCCC1CCC(C#CC2CCC(F)CC2)CC1. The molecule has 2 fully saturated rings. The number of alkyl halides is 1. The molecule has 0 saturated heterocycles. The third-order valence-corrected chi connectivity index (χ3v) is 5.21. The van der Waals surface area contributed by atoms with Gasteiger partial charge in [0, 0.05) is 11.8 Å². The Morgan fingerprint density at radius 1 is 0.800 bits per heavy atom. The van der Waals surface area contributed by atoms with Gasteiger partial charge in [0.1, 0.15) is 6.17 Å². The summed E-state index contributed by atoms with van der Waals surface area (Å²) in [6.45, 7) is 2.28. The van der Waals surface area contributed by atoms with Gasteiger partial charge in [0.25, 0.3) is 0 Å². The number of rotatable bonds is 4. The van der Waals surface area contributed by atoms with E-state index in [2.05, 4.69) is 18.8 Å². The van der Waals surface area contributed by atoms with Crippen LogP contribution in [-0.2, 0) is 0 Å². The van der Waals surface area contributed by atoms with E-state index in [-0.39, 0.29) is 0 Å². The van der Waals surface area contributed by atoms with Crippen LogP contribution in [0.3, 0.4) is 0 Å². The Kier molecular flexibility index (Phi) is 6.91. The molecule has 0 radical (unpaired) electrons. The van der Waals surface area contributed by atoms with Crippen molar-refractivity contribution in [3.63, 3.8) is 0 Å². The number of halogens is 1. The molecule has 0 aromatic rings. The van der Waals surface area contributed by atoms with Gasteiger partial charge in [-0.3, -0.25) is 0 Å². The van der Waals surface area contributed by atoms with Crippen LogP contribution in [0.2, 0.25) is 0 Å². The van der Waals surface area contributed by atoms with E-state index >= 15 is 0 Å². The van der Waals surface area contributed by atoms with E-state index in [1.165, 1.54) is 51.4 Å². The lowest BCUT2D eigenvalue weighted by Crippen LogP contribution is -2.15. The summed E-state index contributed by atoms with van der Waals surface area (Å²) in [5.41, 5.74) is 0. The molecule has 0 unspecified atom stereocenters. The molecule has 0 atom stereocenters. The van der Waals surface area contributed by atoms with Crippen LogP contribution >= 0.6 is 0 Å². The minimum atomic E-state index is -0.549. The Balaban J connectivity index is 1.64. The molecule has 0 aromatic heterocycles. The highest BCUT2D eigenvalue weighted by molar-refractivity contribution is 5.09. The van der Waals surface area contributed by atoms with E-state index in [1.54, 1.807) is 0 Å². The predicted molar refractivity (Wildman–Crippen MR) is 84.2 cm³/mol. The molecule has 2 saturated carbocycles. The van der Waals surface area contributed by atoms with Gasteiger partial charge in [-0.15, -0.1) is 0 Å². The summed E-state index contributed by atoms with van der Waals surface area (Å²) in [6, 6.07) is 0. The summed E-state index contributed by atoms with van der Waals surface area (Å²) in [7, 11) is 0. The Labute approximate surface area is 124 Å².